The van der Waals surface area contributed by atoms with Gasteiger partial charge in [-0.05, 0) is 73.5 Å². The molecule has 48 heavy (non-hydrogen) atoms. The first-order chi connectivity index (χ1) is 23.1. The first-order valence-electron chi connectivity index (χ1n) is 16.6. The van der Waals surface area contributed by atoms with E-state index in [1.54, 1.807) is 12.1 Å². The lowest BCUT2D eigenvalue weighted by atomic mass is 9.72. The molecule has 5 heterocycles. The molecule has 12 heteroatoms. The molecule has 4 aromatic rings. The third-order valence-electron chi connectivity index (χ3n) is 10.3. The average molecular weight is 657 g/mol. The monoisotopic (exact) mass is 656 g/mol. The van der Waals surface area contributed by atoms with Crippen LogP contribution in [0.3, 0.4) is 0 Å². The van der Waals surface area contributed by atoms with Crippen molar-refractivity contribution in [2.75, 3.05) is 63.8 Å². The van der Waals surface area contributed by atoms with Crippen molar-refractivity contribution in [1.82, 2.24) is 29.2 Å². The van der Waals surface area contributed by atoms with Crippen LogP contribution in [0.4, 0.5) is 19.0 Å². The van der Waals surface area contributed by atoms with Crippen LogP contribution in [-0.4, -0.2) is 100 Å². The highest BCUT2D eigenvalue weighted by Gasteiger charge is 2.45. The van der Waals surface area contributed by atoms with Gasteiger partial charge in [0.1, 0.15) is 23.9 Å². The number of alkyl halides is 3. The molecule has 0 aliphatic carbocycles. The number of halogens is 3. The maximum absolute atomic E-state index is 13.0. The SMILES string of the molecule is C=CC(=O)N1CCN(CCn2c(C#N)cc3cc(CN4CCC5(CC4)CN(c4ncnc6ccc(CC(F)(F)F)cc46)C5)ccc32)CC1. The summed E-state index contributed by atoms with van der Waals surface area (Å²) < 4.78 is 41.2. The molecule has 0 radical (unpaired) electrons. The summed E-state index contributed by atoms with van der Waals surface area (Å²) in [5.41, 5.74) is 4.01. The number of piperazine rings is 1. The molecule has 3 aliphatic heterocycles. The summed E-state index contributed by atoms with van der Waals surface area (Å²) in [6.07, 6.45) is -0.251. The van der Waals surface area contributed by atoms with Gasteiger partial charge in [-0.15, -0.1) is 0 Å². The molecule has 3 fully saturated rings. The molecule has 250 valence electrons. The van der Waals surface area contributed by atoms with Crippen molar-refractivity contribution in [2.24, 2.45) is 5.41 Å². The number of hydrogen-bond donors (Lipinski definition) is 0. The Morgan fingerprint density at radius 2 is 1.69 bits per heavy atom. The van der Waals surface area contributed by atoms with E-state index in [4.69, 9.17) is 0 Å². The van der Waals surface area contributed by atoms with Gasteiger partial charge in [-0.1, -0.05) is 18.7 Å². The Morgan fingerprint density at radius 3 is 2.40 bits per heavy atom. The maximum atomic E-state index is 13.0. The fourth-order valence-electron chi connectivity index (χ4n) is 7.67. The Kier molecular flexibility index (Phi) is 8.60. The van der Waals surface area contributed by atoms with Crippen molar-refractivity contribution in [1.29, 1.82) is 5.26 Å². The second kappa shape index (κ2) is 12.9. The van der Waals surface area contributed by atoms with Crippen molar-refractivity contribution >= 4 is 33.5 Å². The number of aromatic nitrogens is 3. The van der Waals surface area contributed by atoms with Crippen LogP contribution in [0, 0.1) is 16.7 Å². The summed E-state index contributed by atoms with van der Waals surface area (Å²) in [7, 11) is 0. The number of nitrogens with zero attached hydrogens (tertiary/aromatic N) is 8. The Hall–Kier alpha value is -4.47. The van der Waals surface area contributed by atoms with Crippen LogP contribution >= 0.6 is 0 Å². The van der Waals surface area contributed by atoms with E-state index in [0.29, 0.717) is 36.2 Å². The summed E-state index contributed by atoms with van der Waals surface area (Å²) in [4.78, 5) is 29.5. The number of carbonyl (C=O) groups excluding carboxylic acids is 1. The van der Waals surface area contributed by atoms with Crippen molar-refractivity contribution in [3.63, 3.8) is 0 Å². The summed E-state index contributed by atoms with van der Waals surface area (Å²) in [6.45, 7) is 12.6. The fourth-order valence-corrected chi connectivity index (χ4v) is 7.67. The molecular formula is C36H39F3N8O. The van der Waals surface area contributed by atoms with E-state index in [-0.39, 0.29) is 16.9 Å². The largest absolute Gasteiger partial charge is 0.393 e. The molecule has 0 bridgehead atoms. The van der Waals surface area contributed by atoms with E-state index in [2.05, 4.69) is 60.1 Å². The minimum atomic E-state index is -4.26. The first-order valence-corrected chi connectivity index (χ1v) is 16.6. The molecule has 0 saturated carbocycles. The number of rotatable bonds is 8. The van der Waals surface area contributed by atoms with E-state index in [1.807, 2.05) is 11.0 Å². The topological polar surface area (TPSA) is 84.5 Å². The molecule has 2 aromatic carbocycles. The predicted molar refractivity (Wildman–Crippen MR) is 178 cm³/mol. The number of amides is 1. The Morgan fingerprint density at radius 1 is 0.938 bits per heavy atom. The molecule has 3 saturated heterocycles. The highest BCUT2D eigenvalue weighted by molar-refractivity contribution is 5.90. The summed E-state index contributed by atoms with van der Waals surface area (Å²) in [5.74, 6) is 0.697. The zero-order chi connectivity index (χ0) is 33.5. The fraction of sp³-hybridized carbons (Fsp3) is 0.444. The van der Waals surface area contributed by atoms with Crippen molar-refractivity contribution in [3.8, 4) is 6.07 Å². The zero-order valence-corrected chi connectivity index (χ0v) is 26.9. The predicted octanol–water partition coefficient (Wildman–Crippen LogP) is 4.99. The minimum Gasteiger partial charge on any atom is -0.355 e. The number of benzene rings is 2. The lowest BCUT2D eigenvalue weighted by Crippen LogP contribution is -2.60. The number of carbonyl (C=O) groups is 1. The summed E-state index contributed by atoms with van der Waals surface area (Å²) >= 11 is 0. The van der Waals surface area contributed by atoms with Gasteiger partial charge < -0.3 is 14.4 Å². The number of piperidine rings is 1. The average Bonchev–Trinajstić information content (AvgIpc) is 3.42. The van der Waals surface area contributed by atoms with Gasteiger partial charge in [-0.2, -0.15) is 18.4 Å². The van der Waals surface area contributed by atoms with Crippen LogP contribution < -0.4 is 4.90 Å². The van der Waals surface area contributed by atoms with E-state index in [0.717, 1.165) is 81.9 Å². The minimum absolute atomic E-state index is 0.0221. The summed E-state index contributed by atoms with van der Waals surface area (Å²) in [6, 6.07) is 15.6. The lowest BCUT2D eigenvalue weighted by Gasteiger charge is -2.54. The van der Waals surface area contributed by atoms with Crippen LogP contribution in [0.5, 0.6) is 0 Å². The lowest BCUT2D eigenvalue weighted by molar-refractivity contribution is -0.128. The van der Waals surface area contributed by atoms with Crippen LogP contribution in [0.1, 0.15) is 29.7 Å². The zero-order valence-electron chi connectivity index (χ0n) is 26.9. The van der Waals surface area contributed by atoms with Gasteiger partial charge in [0.15, 0.2) is 0 Å². The van der Waals surface area contributed by atoms with E-state index >= 15 is 0 Å². The number of hydrogen-bond acceptors (Lipinski definition) is 7. The highest BCUT2D eigenvalue weighted by atomic mass is 19.4. The van der Waals surface area contributed by atoms with Gasteiger partial charge in [0.25, 0.3) is 0 Å². The van der Waals surface area contributed by atoms with Crippen LogP contribution in [-0.2, 0) is 24.3 Å². The molecule has 7 rings (SSSR count). The smallest absolute Gasteiger partial charge is 0.355 e. The molecule has 0 atom stereocenters. The van der Waals surface area contributed by atoms with Crippen molar-refractivity contribution in [3.05, 3.63) is 78.3 Å². The van der Waals surface area contributed by atoms with Gasteiger partial charge in [-0.3, -0.25) is 14.6 Å². The number of nitriles is 1. The first kappa shape index (κ1) is 32.1. The van der Waals surface area contributed by atoms with Gasteiger partial charge in [0.2, 0.25) is 5.91 Å². The number of anilines is 1. The molecule has 9 nitrogen and oxygen atoms in total. The molecule has 1 spiro atoms. The Bertz CT molecular complexity index is 1870. The highest BCUT2D eigenvalue weighted by Crippen LogP contribution is 2.44. The van der Waals surface area contributed by atoms with Gasteiger partial charge in [0, 0.05) is 80.6 Å². The molecule has 1 amide bonds. The van der Waals surface area contributed by atoms with Crippen molar-refractivity contribution in [2.45, 2.75) is 38.5 Å². The number of fused-ring (bicyclic) bond motifs is 2. The van der Waals surface area contributed by atoms with Crippen LogP contribution in [0.2, 0.25) is 0 Å². The molecule has 3 aliphatic rings. The Balaban J connectivity index is 0.943. The quantitative estimate of drug-likeness (QED) is 0.247. The number of likely N-dealkylation sites (tertiary alicyclic amines) is 1. The third kappa shape index (κ3) is 6.62. The second-order valence-corrected chi connectivity index (χ2v) is 13.5. The van der Waals surface area contributed by atoms with Gasteiger partial charge in [0.05, 0.1) is 11.9 Å². The van der Waals surface area contributed by atoms with E-state index in [9.17, 15) is 23.2 Å². The standard InChI is InChI=1S/C36H39F3N8O/c1-2-33(48)45-14-11-43(12-15-45)13-16-47-29(21-40)19-28-17-27(4-6-32(28)47)22-44-9-7-35(8-10-44)23-46(24-35)34-30-18-26(20-36(37,38)39)3-5-31(30)41-25-42-34/h2-6,17-19,25H,1,7-16,20,22-24H2. The van der Waals surface area contributed by atoms with Gasteiger partial charge >= 0.3 is 6.18 Å². The third-order valence-corrected chi connectivity index (χ3v) is 10.3. The van der Waals surface area contributed by atoms with Gasteiger partial charge in [-0.25, -0.2) is 9.97 Å². The van der Waals surface area contributed by atoms with Crippen LogP contribution in [0.25, 0.3) is 21.8 Å². The molecule has 2 aromatic heterocycles. The normalized spacial score (nSPS) is 18.7. The second-order valence-electron chi connectivity index (χ2n) is 13.5. The van der Waals surface area contributed by atoms with E-state index in [1.165, 1.54) is 24.0 Å². The summed E-state index contributed by atoms with van der Waals surface area (Å²) in [5, 5.41) is 11.6. The molecular weight excluding hydrogens is 617 g/mol. The van der Waals surface area contributed by atoms with Crippen LogP contribution in [0.15, 0.2) is 61.4 Å². The molecule has 0 unspecified atom stereocenters. The maximum Gasteiger partial charge on any atom is 0.393 e. The van der Waals surface area contributed by atoms with E-state index < -0.39 is 12.6 Å². The Labute approximate surface area is 277 Å². The molecule has 0 N–H and O–H groups in total. The van der Waals surface area contributed by atoms with Crippen molar-refractivity contribution < 1.29 is 18.0 Å².